The van der Waals surface area contributed by atoms with Crippen molar-refractivity contribution >= 4 is 15.9 Å². The molecular formula is C17H17BrN4O2. The highest BCUT2D eigenvalue weighted by Crippen LogP contribution is 2.39. The molecule has 0 aliphatic carbocycles. The Hall–Kier alpha value is -2.41. The number of nitrogens with one attached hydrogen (secondary N) is 1. The topological polar surface area (TPSA) is 72.9 Å². The highest BCUT2D eigenvalue weighted by atomic mass is 79.9. The minimum absolute atomic E-state index is 0.459. The molecule has 124 valence electrons. The van der Waals surface area contributed by atoms with Crippen LogP contribution in [0.15, 0.2) is 40.9 Å². The van der Waals surface area contributed by atoms with E-state index >= 15 is 0 Å². The predicted molar refractivity (Wildman–Crippen MR) is 94.0 cm³/mol. The van der Waals surface area contributed by atoms with E-state index in [0.717, 1.165) is 15.6 Å². The lowest BCUT2D eigenvalue weighted by atomic mass is 10.1. The van der Waals surface area contributed by atoms with Crippen LogP contribution in [0.3, 0.4) is 0 Å². The quantitative estimate of drug-likeness (QED) is 0.692. The van der Waals surface area contributed by atoms with E-state index in [1.54, 1.807) is 0 Å². The van der Waals surface area contributed by atoms with E-state index in [-0.39, 0.29) is 0 Å². The summed E-state index contributed by atoms with van der Waals surface area (Å²) >= 11 is 3.55. The second-order valence-corrected chi connectivity index (χ2v) is 6.08. The fraction of sp³-hybridized carbons (Fsp3) is 0.235. The zero-order chi connectivity index (χ0) is 16.9. The fourth-order valence-corrected chi connectivity index (χ4v) is 2.78. The van der Waals surface area contributed by atoms with Crippen LogP contribution in [0.25, 0.3) is 11.4 Å². The van der Waals surface area contributed by atoms with Crippen LogP contribution in [0.5, 0.6) is 11.5 Å². The summed E-state index contributed by atoms with van der Waals surface area (Å²) in [6.07, 6.45) is 0. The Kier molecular flexibility index (Phi) is 5.10. The van der Waals surface area contributed by atoms with Gasteiger partial charge in [0, 0.05) is 5.56 Å². The molecule has 0 radical (unpaired) electrons. The van der Waals surface area contributed by atoms with Crippen LogP contribution >= 0.6 is 15.9 Å². The first-order valence-corrected chi connectivity index (χ1v) is 8.35. The Bertz CT molecular complexity index is 804. The molecule has 7 heteroatoms. The molecule has 1 N–H and O–H groups in total. The number of aryl methyl sites for hydroxylation is 1. The number of ether oxygens (including phenoxy) is 2. The number of halogens is 1. The highest BCUT2D eigenvalue weighted by Gasteiger charge is 2.15. The molecule has 3 aromatic rings. The van der Waals surface area contributed by atoms with E-state index in [1.165, 1.54) is 5.56 Å². The molecule has 0 saturated carbocycles. The van der Waals surface area contributed by atoms with Crippen LogP contribution in [0.1, 0.15) is 18.1 Å². The summed E-state index contributed by atoms with van der Waals surface area (Å²) in [6.45, 7) is 4.98. The first-order valence-electron chi connectivity index (χ1n) is 7.56. The van der Waals surface area contributed by atoms with Crippen LogP contribution in [0.4, 0.5) is 0 Å². The first-order chi connectivity index (χ1) is 11.7. The maximum atomic E-state index is 5.98. The van der Waals surface area contributed by atoms with E-state index in [4.69, 9.17) is 9.47 Å². The van der Waals surface area contributed by atoms with Crippen molar-refractivity contribution in [1.82, 2.24) is 20.6 Å². The maximum Gasteiger partial charge on any atom is 0.204 e. The predicted octanol–water partition coefficient (Wildman–Crippen LogP) is 3.92. The molecule has 1 heterocycles. The van der Waals surface area contributed by atoms with Gasteiger partial charge in [0.2, 0.25) is 5.82 Å². The van der Waals surface area contributed by atoms with Crippen molar-refractivity contribution in [3.8, 4) is 22.9 Å². The number of tetrazole rings is 1. The van der Waals surface area contributed by atoms with Gasteiger partial charge in [-0.25, -0.2) is 0 Å². The minimum Gasteiger partial charge on any atom is -0.490 e. The Morgan fingerprint density at radius 1 is 1.12 bits per heavy atom. The van der Waals surface area contributed by atoms with Gasteiger partial charge in [0.05, 0.1) is 11.1 Å². The van der Waals surface area contributed by atoms with E-state index in [2.05, 4.69) is 67.7 Å². The maximum absolute atomic E-state index is 5.98. The molecule has 0 aliphatic heterocycles. The molecule has 0 spiro atoms. The Morgan fingerprint density at radius 3 is 2.58 bits per heavy atom. The Morgan fingerprint density at radius 2 is 1.92 bits per heavy atom. The van der Waals surface area contributed by atoms with Gasteiger partial charge in [-0.2, -0.15) is 5.21 Å². The molecule has 0 aliphatic rings. The van der Waals surface area contributed by atoms with Gasteiger partial charge in [0.15, 0.2) is 11.5 Å². The SMILES string of the molecule is CCOc1cc(-c2nn[nH]n2)cc(Br)c1OCc1ccc(C)cc1. The third-order valence-corrected chi connectivity index (χ3v) is 4.01. The number of aromatic amines is 1. The highest BCUT2D eigenvalue weighted by molar-refractivity contribution is 9.10. The number of hydrogen-bond donors (Lipinski definition) is 1. The van der Waals surface area contributed by atoms with Gasteiger partial charge >= 0.3 is 0 Å². The molecule has 24 heavy (non-hydrogen) atoms. The molecule has 0 bridgehead atoms. The van der Waals surface area contributed by atoms with Crippen LogP contribution < -0.4 is 9.47 Å². The number of rotatable bonds is 6. The van der Waals surface area contributed by atoms with E-state index in [1.807, 2.05) is 19.1 Å². The lowest BCUT2D eigenvalue weighted by Crippen LogP contribution is -2.01. The zero-order valence-electron chi connectivity index (χ0n) is 13.4. The summed E-state index contributed by atoms with van der Waals surface area (Å²) in [7, 11) is 0. The lowest BCUT2D eigenvalue weighted by Gasteiger charge is -2.15. The van der Waals surface area contributed by atoms with Gasteiger partial charge in [-0.15, -0.1) is 10.2 Å². The van der Waals surface area contributed by atoms with Crippen LogP contribution in [0, 0.1) is 6.92 Å². The van der Waals surface area contributed by atoms with Gasteiger partial charge < -0.3 is 9.47 Å². The molecule has 2 aromatic carbocycles. The van der Waals surface area contributed by atoms with Gasteiger partial charge in [-0.1, -0.05) is 29.8 Å². The third kappa shape index (κ3) is 3.73. The van der Waals surface area contributed by atoms with Gasteiger partial charge in [-0.3, -0.25) is 0 Å². The molecule has 6 nitrogen and oxygen atoms in total. The van der Waals surface area contributed by atoms with Gasteiger partial charge in [-0.05, 0) is 52.7 Å². The summed E-state index contributed by atoms with van der Waals surface area (Å²) < 4.78 is 12.5. The smallest absolute Gasteiger partial charge is 0.204 e. The monoisotopic (exact) mass is 388 g/mol. The molecule has 0 amide bonds. The number of aromatic nitrogens is 4. The summed E-state index contributed by atoms with van der Waals surface area (Å²) in [5.74, 6) is 1.80. The average molecular weight is 389 g/mol. The molecule has 0 unspecified atom stereocenters. The lowest BCUT2D eigenvalue weighted by molar-refractivity contribution is 0.268. The molecule has 0 atom stereocenters. The summed E-state index contributed by atoms with van der Waals surface area (Å²) in [5.41, 5.74) is 3.11. The number of H-pyrrole nitrogens is 1. The van der Waals surface area contributed by atoms with Crippen LogP contribution in [0.2, 0.25) is 0 Å². The largest absolute Gasteiger partial charge is 0.490 e. The molecule has 0 saturated heterocycles. The van der Waals surface area contributed by atoms with Gasteiger partial charge in [0.1, 0.15) is 6.61 Å². The van der Waals surface area contributed by atoms with Crippen molar-refractivity contribution in [3.05, 3.63) is 52.0 Å². The third-order valence-electron chi connectivity index (χ3n) is 3.42. The van der Waals surface area contributed by atoms with Crippen molar-refractivity contribution in [3.63, 3.8) is 0 Å². The Balaban J connectivity index is 1.87. The molecular weight excluding hydrogens is 372 g/mol. The Labute approximate surface area is 148 Å². The van der Waals surface area contributed by atoms with Crippen molar-refractivity contribution in [2.75, 3.05) is 6.61 Å². The van der Waals surface area contributed by atoms with E-state index in [9.17, 15) is 0 Å². The summed E-state index contributed by atoms with van der Waals surface area (Å²) in [4.78, 5) is 0. The average Bonchev–Trinajstić information content (AvgIpc) is 3.10. The molecule has 1 aromatic heterocycles. The number of benzene rings is 2. The normalized spacial score (nSPS) is 10.6. The molecule has 0 fully saturated rings. The van der Waals surface area contributed by atoms with E-state index in [0.29, 0.717) is 30.5 Å². The summed E-state index contributed by atoms with van der Waals surface area (Å²) in [5, 5.41) is 14.0. The van der Waals surface area contributed by atoms with Gasteiger partial charge in [0.25, 0.3) is 0 Å². The first kappa shape index (κ1) is 16.4. The number of nitrogens with zero attached hydrogens (tertiary/aromatic N) is 3. The van der Waals surface area contributed by atoms with Crippen molar-refractivity contribution in [2.45, 2.75) is 20.5 Å². The van der Waals surface area contributed by atoms with Crippen molar-refractivity contribution < 1.29 is 9.47 Å². The van der Waals surface area contributed by atoms with Crippen molar-refractivity contribution in [1.29, 1.82) is 0 Å². The summed E-state index contributed by atoms with van der Waals surface area (Å²) in [6, 6.07) is 12.0. The zero-order valence-corrected chi connectivity index (χ0v) is 15.0. The second-order valence-electron chi connectivity index (χ2n) is 5.23. The standard InChI is InChI=1S/C17H17BrN4O2/c1-3-23-15-9-13(17-19-21-22-20-17)8-14(18)16(15)24-10-12-6-4-11(2)5-7-12/h4-9H,3,10H2,1-2H3,(H,19,20,21,22). The van der Waals surface area contributed by atoms with Crippen molar-refractivity contribution in [2.24, 2.45) is 0 Å². The minimum atomic E-state index is 0.459. The van der Waals surface area contributed by atoms with Crippen LogP contribution in [-0.2, 0) is 6.61 Å². The number of hydrogen-bond acceptors (Lipinski definition) is 5. The van der Waals surface area contributed by atoms with Crippen LogP contribution in [-0.4, -0.2) is 27.2 Å². The second kappa shape index (κ2) is 7.44. The molecule has 3 rings (SSSR count). The fourth-order valence-electron chi connectivity index (χ4n) is 2.22. The van der Waals surface area contributed by atoms with E-state index < -0.39 is 0 Å².